The van der Waals surface area contributed by atoms with Gasteiger partial charge in [0.15, 0.2) is 17.4 Å². The predicted octanol–water partition coefficient (Wildman–Crippen LogP) is 2.18. The van der Waals surface area contributed by atoms with Gasteiger partial charge >= 0.3 is 0 Å². The Balaban J connectivity index is 3.12. The van der Waals surface area contributed by atoms with Crippen LogP contribution in [0.25, 0.3) is 0 Å². The highest BCUT2D eigenvalue weighted by molar-refractivity contribution is 5.96. The third kappa shape index (κ3) is 4.42. The number of nitrogens with two attached hydrogens (primary N) is 1. The number of aromatic nitrogens is 1. The molecule has 1 rings (SSSR count). The van der Waals surface area contributed by atoms with Crippen LogP contribution in [0.3, 0.4) is 0 Å². The molecule has 0 saturated carbocycles. The highest BCUT2D eigenvalue weighted by atomic mass is 16.5. The van der Waals surface area contributed by atoms with Gasteiger partial charge in [-0.3, -0.25) is 4.98 Å². The highest BCUT2D eigenvalue weighted by Crippen LogP contribution is 2.09. The maximum absolute atomic E-state index is 5.98. The van der Waals surface area contributed by atoms with E-state index in [1.807, 2.05) is 12.1 Å². The summed E-state index contributed by atoms with van der Waals surface area (Å²) in [5, 5.41) is 3.26. The molecule has 0 saturated heterocycles. The van der Waals surface area contributed by atoms with Gasteiger partial charge in [-0.15, -0.1) is 0 Å². The minimum Gasteiger partial charge on any atom is -0.493 e. The van der Waals surface area contributed by atoms with Crippen LogP contribution in [0.15, 0.2) is 53.6 Å². The van der Waals surface area contributed by atoms with Gasteiger partial charge in [0, 0.05) is 12.2 Å². The van der Waals surface area contributed by atoms with Crippen LogP contribution in [0, 0.1) is 0 Å². The minimum atomic E-state index is 0.246. The highest BCUT2D eigenvalue weighted by Gasteiger charge is 2.09. The summed E-state index contributed by atoms with van der Waals surface area (Å²) in [5.74, 6) is 1.43. The molecule has 0 bridgehead atoms. The van der Waals surface area contributed by atoms with Crippen LogP contribution in [0.2, 0.25) is 0 Å². The molecule has 0 amide bonds. The molecule has 1 aromatic rings. The minimum absolute atomic E-state index is 0.246. The largest absolute Gasteiger partial charge is 0.493 e. The van der Waals surface area contributed by atoms with Crippen molar-refractivity contribution in [2.24, 2.45) is 10.7 Å². The first-order chi connectivity index (χ1) is 9.62. The molecule has 5 nitrogen and oxygen atoms in total. The summed E-state index contributed by atoms with van der Waals surface area (Å²) in [6, 6.07) is 5.74. The maximum atomic E-state index is 5.98. The van der Waals surface area contributed by atoms with E-state index in [1.165, 1.54) is 0 Å². The van der Waals surface area contributed by atoms with Crippen LogP contribution in [-0.2, 0) is 4.74 Å². The number of hydrogen-bond acceptors (Lipinski definition) is 4. The third-order valence-corrected chi connectivity index (χ3v) is 2.79. The smallest absolute Gasteiger partial charge is 0.171 e. The van der Waals surface area contributed by atoms with Gasteiger partial charge in [0.1, 0.15) is 5.69 Å². The average Bonchev–Trinajstić information content (AvgIpc) is 2.49. The van der Waals surface area contributed by atoms with E-state index in [0.717, 1.165) is 6.42 Å². The zero-order valence-corrected chi connectivity index (χ0v) is 12.3. The number of nitrogens with zero attached hydrogens (tertiary/aromatic N) is 2. The molecule has 5 heteroatoms. The number of ether oxygens (including phenoxy) is 1. The van der Waals surface area contributed by atoms with Gasteiger partial charge in [-0.2, -0.15) is 0 Å². The number of amidine groups is 1. The zero-order chi connectivity index (χ0) is 15.0. The van der Waals surface area contributed by atoms with Crippen molar-refractivity contribution in [3.8, 4) is 0 Å². The van der Waals surface area contributed by atoms with Gasteiger partial charge in [0.05, 0.1) is 7.11 Å². The molecule has 20 heavy (non-hydrogen) atoms. The second-order valence-electron chi connectivity index (χ2n) is 4.29. The molecule has 0 aliphatic heterocycles. The Morgan fingerprint density at radius 3 is 2.85 bits per heavy atom. The zero-order valence-electron chi connectivity index (χ0n) is 12.3. The molecular weight excluding hydrogens is 252 g/mol. The second-order valence-corrected chi connectivity index (χ2v) is 4.29. The molecule has 1 unspecified atom stereocenters. The molecule has 0 fully saturated rings. The van der Waals surface area contributed by atoms with Crippen LogP contribution >= 0.6 is 0 Å². The first-order valence-electron chi connectivity index (χ1n) is 6.55. The molecule has 0 aromatic carbocycles. The number of nitrogens with one attached hydrogen (secondary N) is 1. The standard InChI is InChI=1S/C15H22N4O/c1-5-11(3)18-15(13(6-2)20-4)19-14(16)12-9-7-8-10-17-12/h6-11,18H,2,5H2,1,3-4H3,(H2,16,19)/b15-13+. The molecule has 0 radical (unpaired) electrons. The lowest BCUT2D eigenvalue weighted by Gasteiger charge is -2.16. The quantitative estimate of drug-likeness (QED) is 0.346. The molecule has 0 aliphatic rings. The average molecular weight is 274 g/mol. The lowest BCUT2D eigenvalue weighted by atomic mass is 10.2. The molecule has 108 valence electrons. The SMILES string of the molecule is C=C/C(OC)=C(\N=C(N)c1ccccn1)NC(C)CC. The molecule has 1 heterocycles. The summed E-state index contributed by atoms with van der Waals surface area (Å²) in [5.41, 5.74) is 6.60. The molecule has 0 spiro atoms. The number of pyridine rings is 1. The first-order valence-corrected chi connectivity index (χ1v) is 6.55. The van der Waals surface area contributed by atoms with E-state index in [4.69, 9.17) is 10.5 Å². The van der Waals surface area contributed by atoms with Crippen LogP contribution in [0.1, 0.15) is 26.0 Å². The van der Waals surface area contributed by atoms with Crippen molar-refractivity contribution in [1.82, 2.24) is 10.3 Å². The van der Waals surface area contributed by atoms with E-state index in [9.17, 15) is 0 Å². The maximum Gasteiger partial charge on any atom is 0.171 e. The lowest BCUT2D eigenvalue weighted by molar-refractivity contribution is 0.297. The van der Waals surface area contributed by atoms with Gasteiger partial charge in [-0.1, -0.05) is 19.6 Å². The van der Waals surface area contributed by atoms with Crippen LogP contribution in [0.4, 0.5) is 0 Å². The van der Waals surface area contributed by atoms with Crippen molar-refractivity contribution in [3.05, 3.63) is 54.3 Å². The van der Waals surface area contributed by atoms with Gasteiger partial charge < -0.3 is 15.8 Å². The summed E-state index contributed by atoms with van der Waals surface area (Å²) < 4.78 is 5.26. The monoisotopic (exact) mass is 274 g/mol. The Labute approximate surface area is 120 Å². The van der Waals surface area contributed by atoms with Crippen molar-refractivity contribution >= 4 is 5.84 Å². The fraction of sp³-hybridized carbons (Fsp3) is 0.333. The van der Waals surface area contributed by atoms with Gasteiger partial charge in [0.25, 0.3) is 0 Å². The van der Waals surface area contributed by atoms with Crippen molar-refractivity contribution in [3.63, 3.8) is 0 Å². The van der Waals surface area contributed by atoms with Gasteiger partial charge in [0.2, 0.25) is 0 Å². The molecule has 1 aromatic heterocycles. The van der Waals surface area contributed by atoms with Crippen molar-refractivity contribution in [2.45, 2.75) is 26.3 Å². The first kappa shape index (κ1) is 15.8. The van der Waals surface area contributed by atoms with Crippen LogP contribution in [0.5, 0.6) is 0 Å². The third-order valence-electron chi connectivity index (χ3n) is 2.79. The van der Waals surface area contributed by atoms with Crippen molar-refractivity contribution in [1.29, 1.82) is 0 Å². The second kappa shape index (κ2) is 7.99. The Morgan fingerprint density at radius 1 is 1.60 bits per heavy atom. The fourth-order valence-electron chi connectivity index (χ4n) is 1.46. The fourth-order valence-corrected chi connectivity index (χ4v) is 1.46. The Bertz CT molecular complexity index is 494. The number of methoxy groups -OCH3 is 1. The van der Waals surface area contributed by atoms with Crippen molar-refractivity contribution < 1.29 is 4.74 Å². The molecular formula is C15H22N4O. The van der Waals surface area contributed by atoms with E-state index in [1.54, 1.807) is 25.4 Å². The number of aliphatic imine (C=N–C) groups is 1. The van der Waals surface area contributed by atoms with E-state index < -0.39 is 0 Å². The normalized spacial score (nSPS) is 14.2. The van der Waals surface area contributed by atoms with E-state index >= 15 is 0 Å². The lowest BCUT2D eigenvalue weighted by Crippen LogP contribution is -2.27. The van der Waals surface area contributed by atoms with Crippen LogP contribution in [-0.4, -0.2) is 24.0 Å². The Morgan fingerprint density at radius 2 is 2.35 bits per heavy atom. The van der Waals surface area contributed by atoms with Crippen molar-refractivity contribution in [2.75, 3.05) is 7.11 Å². The van der Waals surface area contributed by atoms with Gasteiger partial charge in [-0.25, -0.2) is 4.99 Å². The Hall–Kier alpha value is -2.30. The summed E-state index contributed by atoms with van der Waals surface area (Å²) >= 11 is 0. The summed E-state index contributed by atoms with van der Waals surface area (Å²) in [6.45, 7) is 7.86. The molecule has 3 N–H and O–H groups in total. The van der Waals surface area contributed by atoms with Crippen LogP contribution < -0.4 is 11.1 Å². The van der Waals surface area contributed by atoms with E-state index in [0.29, 0.717) is 23.1 Å². The number of rotatable bonds is 7. The summed E-state index contributed by atoms with van der Waals surface area (Å²) in [4.78, 5) is 8.55. The summed E-state index contributed by atoms with van der Waals surface area (Å²) in [7, 11) is 1.57. The number of allylic oxidation sites excluding steroid dienone is 1. The predicted molar refractivity (Wildman–Crippen MR) is 82.1 cm³/mol. The molecule has 1 atom stereocenters. The molecule has 0 aliphatic carbocycles. The van der Waals surface area contributed by atoms with E-state index in [2.05, 4.69) is 35.7 Å². The Kier molecular flexibility index (Phi) is 6.29. The summed E-state index contributed by atoms with van der Waals surface area (Å²) in [6.07, 6.45) is 4.23. The number of hydrogen-bond donors (Lipinski definition) is 2. The van der Waals surface area contributed by atoms with E-state index in [-0.39, 0.29) is 6.04 Å². The topological polar surface area (TPSA) is 72.5 Å². The van der Waals surface area contributed by atoms with Gasteiger partial charge in [-0.05, 0) is 31.6 Å².